The topological polar surface area (TPSA) is 73.3 Å². The Balaban J connectivity index is 4.10. The second-order valence-corrected chi connectivity index (χ2v) is 3.99. The Morgan fingerprint density at radius 1 is 1.43 bits per heavy atom. The largest absolute Gasteiger partial charge is 0.396 e. The van der Waals surface area contributed by atoms with E-state index in [1.165, 1.54) is 0 Å². The van der Waals surface area contributed by atoms with Crippen LogP contribution in [-0.2, 0) is 0 Å². The van der Waals surface area contributed by atoms with E-state index in [9.17, 15) is 0 Å². The van der Waals surface area contributed by atoms with Crippen LogP contribution in [0, 0.1) is 5.41 Å². The lowest BCUT2D eigenvalue weighted by molar-refractivity contribution is 0.150. The van der Waals surface area contributed by atoms with E-state index in [1.54, 1.807) is 0 Å². The van der Waals surface area contributed by atoms with Crippen LogP contribution >= 0.6 is 0 Å². The Kier molecular flexibility index (Phi) is 6.49. The van der Waals surface area contributed by atoms with Crippen molar-refractivity contribution in [2.24, 2.45) is 5.73 Å². The molecule has 84 valence electrons. The van der Waals surface area contributed by atoms with Gasteiger partial charge in [-0.3, -0.25) is 10.3 Å². The maximum absolute atomic E-state index is 8.77. The molecule has 0 aliphatic carbocycles. The molecule has 0 heterocycles. The Morgan fingerprint density at radius 3 is 2.36 bits per heavy atom. The zero-order valence-corrected chi connectivity index (χ0v) is 9.45. The summed E-state index contributed by atoms with van der Waals surface area (Å²) < 4.78 is 0. The van der Waals surface area contributed by atoms with E-state index in [-0.39, 0.29) is 18.5 Å². The summed E-state index contributed by atoms with van der Waals surface area (Å²) in [5.41, 5.74) is 5.37. The van der Waals surface area contributed by atoms with Crippen LogP contribution in [0.15, 0.2) is 0 Å². The molecule has 0 spiro atoms. The Bertz CT molecular complexity index is 171. The lowest BCUT2D eigenvalue weighted by atomic mass is 10.1. The number of aliphatic hydroxyl groups is 1. The summed E-state index contributed by atoms with van der Waals surface area (Å²) in [5.74, 6) is 0.229. The van der Waals surface area contributed by atoms with Crippen LogP contribution < -0.4 is 5.73 Å². The summed E-state index contributed by atoms with van der Waals surface area (Å²) in [7, 11) is 0. The van der Waals surface area contributed by atoms with Crippen LogP contribution in [-0.4, -0.2) is 41.1 Å². The normalized spacial score (nSPS) is 13.6. The van der Waals surface area contributed by atoms with Gasteiger partial charge >= 0.3 is 0 Å². The number of rotatable bonds is 7. The first-order valence-electron chi connectivity index (χ1n) is 5.18. The van der Waals surface area contributed by atoms with Gasteiger partial charge in [-0.05, 0) is 27.2 Å². The van der Waals surface area contributed by atoms with Crippen LogP contribution in [0.2, 0.25) is 0 Å². The molecular formula is C10H23N3O. The Morgan fingerprint density at radius 2 is 2.00 bits per heavy atom. The molecule has 0 saturated carbocycles. The van der Waals surface area contributed by atoms with Gasteiger partial charge in [0.15, 0.2) is 0 Å². The molecule has 14 heavy (non-hydrogen) atoms. The molecule has 0 amide bonds. The van der Waals surface area contributed by atoms with Crippen molar-refractivity contribution in [1.82, 2.24) is 4.90 Å². The van der Waals surface area contributed by atoms with Crippen molar-refractivity contribution in [1.29, 1.82) is 5.41 Å². The maximum atomic E-state index is 8.77. The number of nitrogens with one attached hydrogen (secondary N) is 1. The highest BCUT2D eigenvalue weighted by molar-refractivity contribution is 5.77. The summed E-state index contributed by atoms with van der Waals surface area (Å²) in [6.45, 7) is 7.39. The van der Waals surface area contributed by atoms with Crippen molar-refractivity contribution in [3.63, 3.8) is 0 Å². The molecule has 0 aromatic rings. The molecule has 0 aromatic carbocycles. The third-order valence-electron chi connectivity index (χ3n) is 2.32. The number of nitrogens with two attached hydrogens (primary N) is 1. The summed E-state index contributed by atoms with van der Waals surface area (Å²) in [4.78, 5) is 2.26. The maximum Gasteiger partial charge on any atom is 0.0920 e. The lowest BCUT2D eigenvalue weighted by Crippen LogP contribution is -2.41. The summed E-state index contributed by atoms with van der Waals surface area (Å²) in [5, 5.41) is 16.0. The highest BCUT2D eigenvalue weighted by Gasteiger charge is 2.16. The van der Waals surface area contributed by atoms with Crippen molar-refractivity contribution in [2.75, 3.05) is 13.2 Å². The molecule has 4 N–H and O–H groups in total. The quantitative estimate of drug-likeness (QED) is 0.421. The van der Waals surface area contributed by atoms with Crippen molar-refractivity contribution in [2.45, 2.75) is 45.7 Å². The average molecular weight is 201 g/mol. The zero-order valence-electron chi connectivity index (χ0n) is 9.45. The summed E-state index contributed by atoms with van der Waals surface area (Å²) >= 11 is 0. The molecule has 4 nitrogen and oxygen atoms in total. The minimum absolute atomic E-state index is 0.218. The van der Waals surface area contributed by atoms with E-state index in [0.29, 0.717) is 12.5 Å². The number of hydrogen-bond donors (Lipinski definition) is 3. The van der Waals surface area contributed by atoms with E-state index in [4.69, 9.17) is 16.2 Å². The molecule has 0 aliphatic rings. The lowest BCUT2D eigenvalue weighted by Gasteiger charge is -2.32. The summed E-state index contributed by atoms with van der Waals surface area (Å²) in [6, 6.07) is 0.704. The molecular weight excluding hydrogens is 178 g/mol. The first-order valence-corrected chi connectivity index (χ1v) is 5.18. The molecule has 0 radical (unpaired) electrons. The minimum Gasteiger partial charge on any atom is -0.396 e. The third kappa shape index (κ3) is 5.19. The molecule has 0 aliphatic heterocycles. The average Bonchev–Trinajstić information content (AvgIpc) is 2.02. The van der Waals surface area contributed by atoms with E-state index >= 15 is 0 Å². The second-order valence-electron chi connectivity index (χ2n) is 3.99. The minimum atomic E-state index is 0.218. The number of hydrogen-bond acceptors (Lipinski definition) is 3. The highest BCUT2D eigenvalue weighted by Crippen LogP contribution is 2.09. The van der Waals surface area contributed by atoms with Gasteiger partial charge in [0, 0.05) is 31.7 Å². The van der Waals surface area contributed by atoms with Crippen molar-refractivity contribution < 1.29 is 5.11 Å². The fourth-order valence-corrected chi connectivity index (χ4v) is 1.68. The number of aliphatic hydroxyl groups excluding tert-OH is 1. The van der Waals surface area contributed by atoms with Gasteiger partial charge in [0.25, 0.3) is 0 Å². The van der Waals surface area contributed by atoms with Gasteiger partial charge in [0.05, 0.1) is 5.84 Å². The van der Waals surface area contributed by atoms with E-state index in [2.05, 4.69) is 25.7 Å². The molecule has 0 saturated heterocycles. The van der Waals surface area contributed by atoms with Crippen LogP contribution in [0.4, 0.5) is 0 Å². The Labute approximate surface area is 86.6 Å². The predicted octanol–water partition coefficient (Wildman–Crippen LogP) is 0.794. The van der Waals surface area contributed by atoms with Gasteiger partial charge in [-0.25, -0.2) is 0 Å². The first kappa shape index (κ1) is 13.4. The highest BCUT2D eigenvalue weighted by atomic mass is 16.3. The van der Waals surface area contributed by atoms with Crippen LogP contribution in [0.1, 0.15) is 33.6 Å². The van der Waals surface area contributed by atoms with E-state index < -0.39 is 0 Å². The van der Waals surface area contributed by atoms with Gasteiger partial charge in [-0.2, -0.15) is 0 Å². The van der Waals surface area contributed by atoms with E-state index in [1.807, 2.05) is 0 Å². The summed E-state index contributed by atoms with van der Waals surface area (Å²) in [6.07, 6.45) is 1.38. The van der Waals surface area contributed by atoms with Crippen molar-refractivity contribution >= 4 is 5.84 Å². The SMILES string of the molecule is CC(C)N(CCCO)C(C)CC(=N)N. The zero-order chi connectivity index (χ0) is 11.1. The van der Waals surface area contributed by atoms with Crippen LogP contribution in [0.25, 0.3) is 0 Å². The van der Waals surface area contributed by atoms with Crippen LogP contribution in [0.3, 0.4) is 0 Å². The first-order chi connectivity index (χ1) is 6.49. The molecule has 4 heteroatoms. The van der Waals surface area contributed by atoms with Crippen LogP contribution in [0.5, 0.6) is 0 Å². The monoisotopic (exact) mass is 201 g/mol. The van der Waals surface area contributed by atoms with Gasteiger partial charge in [0.2, 0.25) is 0 Å². The van der Waals surface area contributed by atoms with Crippen molar-refractivity contribution in [3.8, 4) is 0 Å². The third-order valence-corrected chi connectivity index (χ3v) is 2.32. The van der Waals surface area contributed by atoms with Gasteiger partial charge in [0.1, 0.15) is 0 Å². The molecule has 0 aromatic heterocycles. The molecule has 0 fully saturated rings. The Hall–Kier alpha value is -0.610. The standard InChI is InChI=1S/C10H23N3O/c1-8(2)13(5-4-6-14)9(3)7-10(11)12/h8-9,14H,4-7H2,1-3H3,(H3,11,12). The number of amidine groups is 1. The molecule has 1 atom stereocenters. The fraction of sp³-hybridized carbons (Fsp3) is 0.900. The van der Waals surface area contributed by atoms with Gasteiger partial charge in [-0.1, -0.05) is 0 Å². The number of nitrogens with zero attached hydrogens (tertiary/aromatic N) is 1. The molecule has 1 unspecified atom stereocenters. The molecule has 0 bridgehead atoms. The van der Waals surface area contributed by atoms with E-state index in [0.717, 1.165) is 13.0 Å². The second kappa shape index (κ2) is 6.79. The smallest absolute Gasteiger partial charge is 0.0920 e. The van der Waals surface area contributed by atoms with Gasteiger partial charge in [-0.15, -0.1) is 0 Å². The molecule has 0 rings (SSSR count). The fourth-order valence-electron chi connectivity index (χ4n) is 1.68. The van der Waals surface area contributed by atoms with Crippen molar-refractivity contribution in [3.05, 3.63) is 0 Å². The predicted molar refractivity (Wildman–Crippen MR) is 59.5 cm³/mol. The van der Waals surface area contributed by atoms with Gasteiger partial charge < -0.3 is 10.8 Å².